The van der Waals surface area contributed by atoms with Crippen LogP contribution in [-0.4, -0.2) is 78.9 Å². The summed E-state index contributed by atoms with van der Waals surface area (Å²) in [5, 5.41) is 9.54. The van der Waals surface area contributed by atoms with Crippen LogP contribution in [0.2, 0.25) is 0 Å². The second kappa shape index (κ2) is 9.67. The highest BCUT2D eigenvalue weighted by molar-refractivity contribution is 5.89. The highest BCUT2D eigenvalue weighted by Gasteiger charge is 2.53. The average Bonchev–Trinajstić information content (AvgIpc) is 2.79. The van der Waals surface area contributed by atoms with Crippen LogP contribution in [0.5, 0.6) is 0 Å². The lowest BCUT2D eigenvalue weighted by Crippen LogP contribution is -2.58. The van der Waals surface area contributed by atoms with Crippen molar-refractivity contribution in [2.24, 2.45) is 11.3 Å². The van der Waals surface area contributed by atoms with Gasteiger partial charge < -0.3 is 14.6 Å². The van der Waals surface area contributed by atoms with Gasteiger partial charge in [0.2, 0.25) is 0 Å². The topological polar surface area (TPSA) is 79.3 Å². The monoisotopic (exact) mass is 430 g/mol. The van der Waals surface area contributed by atoms with Crippen LogP contribution >= 0.6 is 0 Å². The first-order chi connectivity index (χ1) is 15.0. The van der Waals surface area contributed by atoms with E-state index in [9.17, 15) is 14.7 Å². The molecule has 0 bridgehead atoms. The summed E-state index contributed by atoms with van der Waals surface area (Å²) in [4.78, 5) is 29.7. The van der Waals surface area contributed by atoms with Gasteiger partial charge in [-0.15, -0.1) is 0 Å². The number of likely N-dealkylation sites (tertiary alicyclic amines) is 1. The lowest BCUT2D eigenvalue weighted by molar-refractivity contribution is -0.170. The molecule has 1 aromatic rings. The zero-order valence-electron chi connectivity index (χ0n) is 18.4. The molecule has 3 atom stereocenters. The molecule has 4 rings (SSSR count). The van der Waals surface area contributed by atoms with Crippen LogP contribution < -0.4 is 0 Å². The maximum Gasteiger partial charge on any atom is 0.336 e. The Hall–Kier alpha value is -1.96. The normalized spacial score (nSPS) is 29.8. The Kier molecular flexibility index (Phi) is 6.94. The number of fused-ring (bicyclic) bond motifs is 1. The number of ether oxygens (including phenoxy) is 2. The van der Waals surface area contributed by atoms with Gasteiger partial charge in [0.1, 0.15) is 0 Å². The lowest BCUT2D eigenvalue weighted by atomic mass is 9.61. The molecular formula is C24H34N2O5. The fourth-order valence-corrected chi connectivity index (χ4v) is 5.84. The molecule has 2 saturated heterocycles. The predicted molar refractivity (Wildman–Crippen MR) is 116 cm³/mol. The number of piperidine rings is 1. The van der Waals surface area contributed by atoms with Gasteiger partial charge in [-0.1, -0.05) is 18.2 Å². The maximum absolute atomic E-state index is 13.2. The largest absolute Gasteiger partial charge is 0.478 e. The highest BCUT2D eigenvalue weighted by atomic mass is 16.5. The molecule has 1 N–H and O–H groups in total. The van der Waals surface area contributed by atoms with Crippen molar-refractivity contribution < 1.29 is 24.2 Å². The van der Waals surface area contributed by atoms with Crippen LogP contribution in [0, 0.1) is 11.3 Å². The number of nitrogens with zero attached hydrogens (tertiary/aromatic N) is 2. The summed E-state index contributed by atoms with van der Waals surface area (Å²) in [6, 6.07) is 7.67. The van der Waals surface area contributed by atoms with Gasteiger partial charge in [0.05, 0.1) is 30.8 Å². The van der Waals surface area contributed by atoms with Gasteiger partial charge >= 0.3 is 11.9 Å². The van der Waals surface area contributed by atoms with Crippen molar-refractivity contribution in [3.63, 3.8) is 0 Å². The molecule has 3 aliphatic rings. The van der Waals surface area contributed by atoms with E-state index in [0.29, 0.717) is 37.2 Å². The van der Waals surface area contributed by atoms with Gasteiger partial charge in [0.25, 0.3) is 0 Å². The Bertz CT molecular complexity index is 794. The number of benzene rings is 1. The van der Waals surface area contributed by atoms with Gasteiger partial charge in [0.15, 0.2) is 0 Å². The van der Waals surface area contributed by atoms with Crippen LogP contribution in [0.4, 0.5) is 0 Å². The summed E-state index contributed by atoms with van der Waals surface area (Å²) in [7, 11) is 0. The third-order valence-electron chi connectivity index (χ3n) is 7.45. The third-order valence-corrected chi connectivity index (χ3v) is 7.45. The molecule has 2 heterocycles. The van der Waals surface area contributed by atoms with Crippen molar-refractivity contribution in [2.75, 3.05) is 46.0 Å². The van der Waals surface area contributed by atoms with Crippen LogP contribution in [0.25, 0.3) is 0 Å². The minimum absolute atomic E-state index is 0.0725. The molecular weight excluding hydrogens is 396 g/mol. The van der Waals surface area contributed by atoms with Crippen LogP contribution in [0.15, 0.2) is 24.3 Å². The summed E-state index contributed by atoms with van der Waals surface area (Å²) < 4.78 is 11.1. The summed E-state index contributed by atoms with van der Waals surface area (Å²) in [6.07, 6.45) is 3.79. The molecule has 31 heavy (non-hydrogen) atoms. The minimum Gasteiger partial charge on any atom is -0.478 e. The van der Waals surface area contributed by atoms with E-state index in [1.807, 2.05) is 19.1 Å². The predicted octanol–water partition coefficient (Wildman–Crippen LogP) is 2.64. The number of rotatable bonds is 6. The number of esters is 1. The number of carboxylic acid groups (broad SMARTS) is 1. The van der Waals surface area contributed by atoms with Crippen LogP contribution in [0.1, 0.15) is 48.5 Å². The molecule has 3 fully saturated rings. The van der Waals surface area contributed by atoms with E-state index in [-0.39, 0.29) is 5.97 Å². The second-order valence-electron chi connectivity index (χ2n) is 9.11. The molecule has 7 heteroatoms. The zero-order valence-corrected chi connectivity index (χ0v) is 18.4. The van der Waals surface area contributed by atoms with Crippen molar-refractivity contribution in [3.8, 4) is 0 Å². The molecule has 1 aliphatic carbocycles. The molecule has 0 unspecified atom stereocenters. The number of aromatic carboxylic acids is 1. The fourth-order valence-electron chi connectivity index (χ4n) is 5.84. The first-order valence-electron chi connectivity index (χ1n) is 11.6. The van der Waals surface area contributed by atoms with Crippen LogP contribution in [-0.2, 0) is 20.8 Å². The van der Waals surface area contributed by atoms with Gasteiger partial charge in [-0.3, -0.25) is 14.6 Å². The molecule has 0 amide bonds. The van der Waals surface area contributed by atoms with Crippen molar-refractivity contribution in [2.45, 2.75) is 45.2 Å². The molecule has 7 nitrogen and oxygen atoms in total. The summed E-state index contributed by atoms with van der Waals surface area (Å²) in [6.45, 7) is 7.85. The quantitative estimate of drug-likeness (QED) is 0.695. The third kappa shape index (κ3) is 4.64. The van der Waals surface area contributed by atoms with Gasteiger partial charge in [0, 0.05) is 32.2 Å². The minimum atomic E-state index is -0.906. The van der Waals surface area contributed by atoms with Crippen molar-refractivity contribution in [3.05, 3.63) is 35.4 Å². The Morgan fingerprint density at radius 3 is 2.71 bits per heavy atom. The molecule has 0 spiro atoms. The Morgan fingerprint density at radius 2 is 1.97 bits per heavy atom. The Morgan fingerprint density at radius 1 is 1.19 bits per heavy atom. The number of carbonyl (C=O) groups excluding carboxylic acids is 1. The van der Waals surface area contributed by atoms with Crippen molar-refractivity contribution >= 4 is 11.9 Å². The standard InChI is InChI=1S/C24H34N2O5/c1-2-31-23(29)24-9-7-20(26-11-13-30-14-12-26)15-19(24)8-10-25(17-24)16-18-5-3-4-6-21(18)22(27)28/h3-6,19-20H,2,7-17H2,1H3,(H,27,28)/t19-,20-,24-/m1/s1. The second-order valence-corrected chi connectivity index (χ2v) is 9.11. The van der Waals surface area contributed by atoms with Gasteiger partial charge in [-0.25, -0.2) is 4.79 Å². The Balaban J connectivity index is 1.51. The van der Waals surface area contributed by atoms with E-state index in [4.69, 9.17) is 9.47 Å². The highest BCUT2D eigenvalue weighted by Crippen LogP contribution is 2.48. The number of hydrogen-bond acceptors (Lipinski definition) is 6. The maximum atomic E-state index is 13.2. The smallest absolute Gasteiger partial charge is 0.336 e. The molecule has 2 aliphatic heterocycles. The average molecular weight is 431 g/mol. The first-order valence-corrected chi connectivity index (χ1v) is 11.6. The van der Waals surface area contributed by atoms with Gasteiger partial charge in [-0.05, 0) is 56.7 Å². The van der Waals surface area contributed by atoms with E-state index in [1.165, 1.54) is 0 Å². The fraction of sp³-hybridized carbons (Fsp3) is 0.667. The molecule has 170 valence electrons. The van der Waals surface area contributed by atoms with E-state index in [2.05, 4.69) is 9.80 Å². The van der Waals surface area contributed by atoms with Gasteiger partial charge in [-0.2, -0.15) is 0 Å². The lowest BCUT2D eigenvalue weighted by Gasteiger charge is -2.52. The van der Waals surface area contributed by atoms with Crippen LogP contribution in [0.3, 0.4) is 0 Å². The molecule has 1 aromatic carbocycles. The summed E-state index contributed by atoms with van der Waals surface area (Å²) in [5.74, 6) is -0.674. The van der Waals surface area contributed by atoms with Crippen molar-refractivity contribution in [1.29, 1.82) is 0 Å². The van der Waals surface area contributed by atoms with Crippen molar-refractivity contribution in [1.82, 2.24) is 9.80 Å². The Labute approximate surface area is 184 Å². The molecule has 0 aromatic heterocycles. The number of carboxylic acids is 1. The van der Waals surface area contributed by atoms with E-state index in [1.54, 1.807) is 12.1 Å². The number of carbonyl (C=O) groups is 2. The van der Waals surface area contributed by atoms with E-state index >= 15 is 0 Å². The summed E-state index contributed by atoms with van der Waals surface area (Å²) in [5.41, 5.74) is 0.648. The van der Waals surface area contributed by atoms with E-state index in [0.717, 1.165) is 64.1 Å². The SMILES string of the molecule is CCOC(=O)[C@@]12CC[C@@H](N3CCOCC3)C[C@H]1CCN(Cc1ccccc1C(=O)O)C2. The number of morpholine rings is 1. The van der Waals surface area contributed by atoms with E-state index < -0.39 is 11.4 Å². The molecule has 1 saturated carbocycles. The zero-order chi connectivity index (χ0) is 21.8. The summed E-state index contributed by atoms with van der Waals surface area (Å²) >= 11 is 0. The first kappa shape index (κ1) is 22.2. The molecule has 0 radical (unpaired) electrons. The number of hydrogen-bond donors (Lipinski definition) is 1.